The van der Waals surface area contributed by atoms with E-state index in [1.807, 2.05) is 7.05 Å². The summed E-state index contributed by atoms with van der Waals surface area (Å²) in [7, 11) is 1.98. The molecule has 5 nitrogen and oxygen atoms in total. The number of aromatic nitrogens is 1. The molecule has 1 aliphatic heterocycles. The molecular formula is C12H19N3O2S. The van der Waals surface area contributed by atoms with Crippen LogP contribution in [-0.4, -0.2) is 53.7 Å². The van der Waals surface area contributed by atoms with Crippen molar-refractivity contribution in [2.24, 2.45) is 0 Å². The standard InChI is InChI=1S/C12H19N3O2S/c1-3-15-6-4-5-9(15)8-14(2)12-13-7-10(18-12)11(16)17/h7,9H,3-6,8H2,1-2H3,(H,16,17). The number of likely N-dealkylation sites (N-methyl/N-ethyl adjacent to an activating group) is 2. The second kappa shape index (κ2) is 5.67. The summed E-state index contributed by atoms with van der Waals surface area (Å²) in [5.74, 6) is -0.900. The smallest absolute Gasteiger partial charge is 0.347 e. The number of thiazole rings is 1. The van der Waals surface area contributed by atoms with Crippen molar-refractivity contribution in [1.29, 1.82) is 0 Å². The van der Waals surface area contributed by atoms with Crippen molar-refractivity contribution in [3.8, 4) is 0 Å². The van der Waals surface area contributed by atoms with E-state index in [9.17, 15) is 4.79 Å². The van der Waals surface area contributed by atoms with Crippen LogP contribution in [0.25, 0.3) is 0 Å². The summed E-state index contributed by atoms with van der Waals surface area (Å²) >= 11 is 1.24. The van der Waals surface area contributed by atoms with Crippen molar-refractivity contribution in [2.75, 3.05) is 31.6 Å². The summed E-state index contributed by atoms with van der Waals surface area (Å²) in [5, 5.41) is 9.68. The number of nitrogens with zero attached hydrogens (tertiary/aromatic N) is 3. The fraction of sp³-hybridized carbons (Fsp3) is 0.667. The molecule has 1 atom stereocenters. The lowest BCUT2D eigenvalue weighted by atomic mass is 10.2. The Balaban J connectivity index is 1.98. The second-order valence-electron chi connectivity index (χ2n) is 4.62. The lowest BCUT2D eigenvalue weighted by molar-refractivity contribution is 0.0702. The van der Waals surface area contributed by atoms with Crippen LogP contribution in [-0.2, 0) is 0 Å². The van der Waals surface area contributed by atoms with Crippen LogP contribution in [0.1, 0.15) is 29.4 Å². The maximum Gasteiger partial charge on any atom is 0.347 e. The monoisotopic (exact) mass is 269 g/mol. The second-order valence-corrected chi connectivity index (χ2v) is 5.63. The van der Waals surface area contributed by atoms with Crippen LogP contribution in [0.4, 0.5) is 5.13 Å². The Morgan fingerprint density at radius 1 is 1.72 bits per heavy atom. The summed E-state index contributed by atoms with van der Waals surface area (Å²) < 4.78 is 0. The first-order valence-corrected chi connectivity index (χ1v) is 7.07. The van der Waals surface area contributed by atoms with Gasteiger partial charge < -0.3 is 10.0 Å². The SMILES string of the molecule is CCN1CCCC1CN(C)c1ncc(C(=O)O)s1. The van der Waals surface area contributed by atoms with Crippen molar-refractivity contribution < 1.29 is 9.90 Å². The van der Waals surface area contributed by atoms with Crippen molar-refractivity contribution in [1.82, 2.24) is 9.88 Å². The third kappa shape index (κ3) is 2.81. The molecule has 0 aromatic carbocycles. The van der Waals surface area contributed by atoms with Crippen molar-refractivity contribution in [3.05, 3.63) is 11.1 Å². The number of carboxylic acids is 1. The highest BCUT2D eigenvalue weighted by Gasteiger charge is 2.25. The fourth-order valence-electron chi connectivity index (χ4n) is 2.45. The van der Waals surface area contributed by atoms with Gasteiger partial charge in [-0.1, -0.05) is 18.3 Å². The van der Waals surface area contributed by atoms with Gasteiger partial charge in [0.05, 0.1) is 6.20 Å². The molecule has 0 spiro atoms. The molecule has 1 N–H and O–H groups in total. The van der Waals surface area contributed by atoms with Crippen LogP contribution in [0, 0.1) is 0 Å². The number of hydrogen-bond donors (Lipinski definition) is 1. The van der Waals surface area contributed by atoms with E-state index in [4.69, 9.17) is 5.11 Å². The van der Waals surface area contributed by atoms with Gasteiger partial charge in [0.1, 0.15) is 4.88 Å². The molecule has 1 aromatic rings. The molecule has 18 heavy (non-hydrogen) atoms. The summed E-state index contributed by atoms with van der Waals surface area (Å²) in [6.45, 7) is 5.36. The number of aromatic carboxylic acids is 1. The Bertz CT molecular complexity index is 421. The number of rotatable bonds is 5. The lowest BCUT2D eigenvalue weighted by Gasteiger charge is -2.27. The zero-order valence-corrected chi connectivity index (χ0v) is 11.6. The van der Waals surface area contributed by atoms with Gasteiger partial charge in [-0.2, -0.15) is 0 Å². The van der Waals surface area contributed by atoms with Crippen LogP contribution >= 0.6 is 11.3 Å². The van der Waals surface area contributed by atoms with Gasteiger partial charge in [0.2, 0.25) is 0 Å². The minimum atomic E-state index is -0.900. The molecule has 0 saturated carbocycles. The van der Waals surface area contributed by atoms with E-state index < -0.39 is 5.97 Å². The Hall–Kier alpha value is -1.14. The fourth-order valence-corrected chi connectivity index (χ4v) is 3.18. The van der Waals surface area contributed by atoms with Crippen LogP contribution in [0.15, 0.2) is 6.20 Å². The molecule has 6 heteroatoms. The maximum atomic E-state index is 10.8. The molecule has 0 bridgehead atoms. The van der Waals surface area contributed by atoms with Gasteiger partial charge in [-0.3, -0.25) is 4.90 Å². The molecule has 0 aliphatic carbocycles. The highest BCUT2D eigenvalue weighted by Crippen LogP contribution is 2.24. The van der Waals surface area contributed by atoms with Crippen molar-refractivity contribution >= 4 is 22.4 Å². The molecule has 0 radical (unpaired) electrons. The third-order valence-corrected chi connectivity index (χ3v) is 4.52. The lowest BCUT2D eigenvalue weighted by Crippen LogP contribution is -2.38. The molecular weight excluding hydrogens is 250 g/mol. The van der Waals surface area contributed by atoms with Gasteiger partial charge in [0.25, 0.3) is 0 Å². The van der Waals surface area contributed by atoms with Crippen LogP contribution < -0.4 is 4.90 Å². The number of anilines is 1. The molecule has 1 unspecified atom stereocenters. The normalized spacial score (nSPS) is 20.2. The largest absolute Gasteiger partial charge is 0.477 e. The molecule has 1 saturated heterocycles. The summed E-state index contributed by atoms with van der Waals surface area (Å²) in [4.78, 5) is 19.8. The average Bonchev–Trinajstić information content (AvgIpc) is 2.96. The molecule has 1 aromatic heterocycles. The highest BCUT2D eigenvalue weighted by molar-refractivity contribution is 7.17. The zero-order chi connectivity index (χ0) is 13.1. The van der Waals surface area contributed by atoms with E-state index in [1.165, 1.54) is 36.9 Å². The Morgan fingerprint density at radius 2 is 2.50 bits per heavy atom. The number of carbonyl (C=O) groups is 1. The summed E-state index contributed by atoms with van der Waals surface area (Å²) in [5.41, 5.74) is 0. The minimum Gasteiger partial charge on any atom is -0.477 e. The van der Waals surface area contributed by atoms with E-state index in [2.05, 4.69) is 21.7 Å². The summed E-state index contributed by atoms with van der Waals surface area (Å²) in [6, 6.07) is 0.567. The van der Waals surface area contributed by atoms with Gasteiger partial charge in [-0.25, -0.2) is 9.78 Å². The van der Waals surface area contributed by atoms with Gasteiger partial charge in [0, 0.05) is 19.6 Å². The van der Waals surface area contributed by atoms with Crippen molar-refractivity contribution in [3.63, 3.8) is 0 Å². The predicted octanol–water partition coefficient (Wildman–Crippen LogP) is 1.76. The number of carboxylic acid groups (broad SMARTS) is 1. The molecule has 2 heterocycles. The van der Waals surface area contributed by atoms with E-state index in [1.54, 1.807) is 0 Å². The Labute approximate surface area is 111 Å². The van der Waals surface area contributed by atoms with E-state index in [-0.39, 0.29) is 0 Å². The third-order valence-electron chi connectivity index (χ3n) is 3.42. The van der Waals surface area contributed by atoms with Crippen LogP contribution in [0.2, 0.25) is 0 Å². The quantitative estimate of drug-likeness (QED) is 0.882. The van der Waals surface area contributed by atoms with Crippen LogP contribution in [0.5, 0.6) is 0 Å². The highest BCUT2D eigenvalue weighted by atomic mass is 32.1. The van der Waals surface area contributed by atoms with Gasteiger partial charge >= 0.3 is 5.97 Å². The molecule has 0 amide bonds. The van der Waals surface area contributed by atoms with E-state index in [0.29, 0.717) is 10.9 Å². The topological polar surface area (TPSA) is 56.7 Å². The number of likely N-dealkylation sites (tertiary alicyclic amines) is 1. The number of hydrogen-bond acceptors (Lipinski definition) is 5. The predicted molar refractivity (Wildman–Crippen MR) is 72.6 cm³/mol. The molecule has 2 rings (SSSR count). The zero-order valence-electron chi connectivity index (χ0n) is 10.8. The first kappa shape index (κ1) is 13.3. The van der Waals surface area contributed by atoms with Gasteiger partial charge in [-0.05, 0) is 25.9 Å². The van der Waals surface area contributed by atoms with Gasteiger partial charge in [0.15, 0.2) is 5.13 Å². The van der Waals surface area contributed by atoms with E-state index in [0.717, 1.165) is 18.2 Å². The minimum absolute atomic E-state index is 0.301. The Morgan fingerprint density at radius 3 is 3.11 bits per heavy atom. The van der Waals surface area contributed by atoms with Crippen LogP contribution in [0.3, 0.4) is 0 Å². The average molecular weight is 269 g/mol. The van der Waals surface area contributed by atoms with Crippen molar-refractivity contribution in [2.45, 2.75) is 25.8 Å². The molecule has 1 fully saturated rings. The molecule has 100 valence electrons. The van der Waals surface area contributed by atoms with E-state index >= 15 is 0 Å². The maximum absolute atomic E-state index is 10.8. The first-order chi connectivity index (χ1) is 8.61. The first-order valence-electron chi connectivity index (χ1n) is 6.26. The molecule has 1 aliphatic rings. The summed E-state index contributed by atoms with van der Waals surface area (Å²) in [6.07, 6.45) is 3.91. The van der Waals surface area contributed by atoms with Gasteiger partial charge in [-0.15, -0.1) is 0 Å². The Kier molecular flexibility index (Phi) is 4.19.